The Morgan fingerprint density at radius 2 is 1.24 bits per heavy atom. The number of rotatable bonds is 1. The van der Waals surface area contributed by atoms with Gasteiger partial charge in [-0.25, -0.2) is 0 Å². The van der Waals surface area contributed by atoms with E-state index in [9.17, 15) is 0 Å². The first kappa shape index (κ1) is 17.1. The molecule has 33 heavy (non-hydrogen) atoms. The standard InChI is InChI=1S/C30H18N2O/c1-2-8-18(9-3-1)32-24-17-15-23-27(21-11-4-6-12-22(21)31-23)28(24)29-25(32)16-14-20-19-10-5-7-13-26(19)33-30(20)29/h1-17,31H. The van der Waals surface area contributed by atoms with Crippen molar-refractivity contribution in [3.63, 3.8) is 0 Å². The molecular formula is C30H18N2O. The second-order valence-electron chi connectivity index (χ2n) is 8.66. The number of para-hydroxylation sites is 3. The Hall–Kier alpha value is -4.50. The predicted octanol–water partition coefficient (Wildman–Crippen LogP) is 8.32. The molecule has 5 aromatic carbocycles. The van der Waals surface area contributed by atoms with Gasteiger partial charge in [-0.05, 0) is 48.5 Å². The van der Waals surface area contributed by atoms with Crippen molar-refractivity contribution in [2.24, 2.45) is 0 Å². The number of hydrogen-bond donors (Lipinski definition) is 1. The minimum absolute atomic E-state index is 0.923. The second kappa shape index (κ2) is 6.05. The Morgan fingerprint density at radius 1 is 0.515 bits per heavy atom. The van der Waals surface area contributed by atoms with Crippen LogP contribution < -0.4 is 0 Å². The van der Waals surface area contributed by atoms with E-state index >= 15 is 0 Å². The van der Waals surface area contributed by atoms with Crippen LogP contribution in [0, 0.1) is 0 Å². The van der Waals surface area contributed by atoms with Crippen molar-refractivity contribution in [2.45, 2.75) is 0 Å². The Labute approximate surface area is 188 Å². The lowest BCUT2D eigenvalue weighted by atomic mass is 10.0. The quantitative estimate of drug-likeness (QED) is 0.283. The molecule has 3 heterocycles. The summed E-state index contributed by atoms with van der Waals surface area (Å²) in [5.41, 5.74) is 7.65. The third-order valence-corrected chi connectivity index (χ3v) is 6.92. The van der Waals surface area contributed by atoms with E-state index in [1.807, 2.05) is 6.07 Å². The number of aromatic nitrogens is 2. The SMILES string of the molecule is c1ccc(-n2c3ccc4c5ccccc5oc4c3c3c4c(ccc32)[nH]c2ccccc24)cc1. The Balaban J connectivity index is 1.72. The minimum Gasteiger partial charge on any atom is -0.455 e. The summed E-state index contributed by atoms with van der Waals surface area (Å²) in [6.07, 6.45) is 0. The van der Waals surface area contributed by atoms with Gasteiger partial charge >= 0.3 is 0 Å². The summed E-state index contributed by atoms with van der Waals surface area (Å²) in [7, 11) is 0. The van der Waals surface area contributed by atoms with Crippen molar-refractivity contribution in [3.8, 4) is 5.69 Å². The van der Waals surface area contributed by atoms with E-state index < -0.39 is 0 Å². The first-order valence-electron chi connectivity index (χ1n) is 11.2. The van der Waals surface area contributed by atoms with E-state index in [-0.39, 0.29) is 0 Å². The van der Waals surface area contributed by atoms with E-state index in [0.29, 0.717) is 0 Å². The van der Waals surface area contributed by atoms with Crippen LogP contribution in [0.5, 0.6) is 0 Å². The summed E-state index contributed by atoms with van der Waals surface area (Å²) in [4.78, 5) is 3.62. The molecule has 3 nitrogen and oxygen atoms in total. The van der Waals surface area contributed by atoms with Crippen LogP contribution in [0.25, 0.3) is 71.2 Å². The molecule has 0 saturated heterocycles. The topological polar surface area (TPSA) is 33.9 Å². The van der Waals surface area contributed by atoms with Gasteiger partial charge < -0.3 is 14.0 Å². The summed E-state index contributed by atoms with van der Waals surface area (Å²) in [6, 6.07) is 36.3. The number of nitrogens with zero attached hydrogens (tertiary/aromatic N) is 1. The van der Waals surface area contributed by atoms with Gasteiger partial charge in [0, 0.05) is 43.7 Å². The van der Waals surface area contributed by atoms with E-state index in [4.69, 9.17) is 4.42 Å². The Morgan fingerprint density at radius 3 is 2.15 bits per heavy atom. The summed E-state index contributed by atoms with van der Waals surface area (Å²) < 4.78 is 8.90. The Bertz CT molecular complexity index is 2020. The maximum absolute atomic E-state index is 6.54. The normalized spacial score (nSPS) is 12.2. The van der Waals surface area contributed by atoms with E-state index in [0.717, 1.165) is 49.6 Å². The molecule has 0 bridgehead atoms. The molecule has 0 atom stereocenters. The molecule has 8 aromatic rings. The third-order valence-electron chi connectivity index (χ3n) is 6.92. The molecule has 3 aromatic heterocycles. The Kier molecular flexibility index (Phi) is 3.14. The average molecular weight is 422 g/mol. The summed E-state index contributed by atoms with van der Waals surface area (Å²) in [5, 5.41) is 7.18. The lowest BCUT2D eigenvalue weighted by Crippen LogP contribution is -1.92. The molecule has 0 spiro atoms. The maximum Gasteiger partial charge on any atom is 0.145 e. The molecular weight excluding hydrogens is 404 g/mol. The molecule has 154 valence electrons. The van der Waals surface area contributed by atoms with Gasteiger partial charge in [0.05, 0.1) is 16.4 Å². The molecule has 0 amide bonds. The monoisotopic (exact) mass is 422 g/mol. The van der Waals surface area contributed by atoms with Gasteiger partial charge in [0.25, 0.3) is 0 Å². The smallest absolute Gasteiger partial charge is 0.145 e. The van der Waals surface area contributed by atoms with Crippen LogP contribution in [0.3, 0.4) is 0 Å². The van der Waals surface area contributed by atoms with Gasteiger partial charge in [-0.1, -0.05) is 54.6 Å². The van der Waals surface area contributed by atoms with Crippen LogP contribution >= 0.6 is 0 Å². The van der Waals surface area contributed by atoms with Gasteiger partial charge in [0.15, 0.2) is 0 Å². The summed E-state index contributed by atoms with van der Waals surface area (Å²) in [6.45, 7) is 0. The van der Waals surface area contributed by atoms with E-state index in [2.05, 4.69) is 107 Å². The highest BCUT2D eigenvalue weighted by Gasteiger charge is 2.21. The van der Waals surface area contributed by atoms with Crippen LogP contribution in [-0.2, 0) is 0 Å². The lowest BCUT2D eigenvalue weighted by molar-refractivity contribution is 0.673. The van der Waals surface area contributed by atoms with Crippen LogP contribution in [0.15, 0.2) is 108 Å². The third kappa shape index (κ3) is 2.14. The highest BCUT2D eigenvalue weighted by molar-refractivity contribution is 6.33. The predicted molar refractivity (Wildman–Crippen MR) is 137 cm³/mol. The molecule has 3 heteroatoms. The van der Waals surface area contributed by atoms with Crippen molar-refractivity contribution < 1.29 is 4.42 Å². The van der Waals surface area contributed by atoms with Crippen molar-refractivity contribution in [1.29, 1.82) is 0 Å². The highest BCUT2D eigenvalue weighted by Crippen LogP contribution is 2.44. The zero-order chi connectivity index (χ0) is 21.5. The van der Waals surface area contributed by atoms with Gasteiger partial charge in [-0.15, -0.1) is 0 Å². The number of nitrogens with one attached hydrogen (secondary N) is 1. The van der Waals surface area contributed by atoms with Gasteiger partial charge in [0.2, 0.25) is 0 Å². The lowest BCUT2D eigenvalue weighted by Gasteiger charge is -2.07. The summed E-state index contributed by atoms with van der Waals surface area (Å²) >= 11 is 0. The zero-order valence-corrected chi connectivity index (χ0v) is 17.7. The van der Waals surface area contributed by atoms with Crippen molar-refractivity contribution in [2.75, 3.05) is 0 Å². The zero-order valence-electron chi connectivity index (χ0n) is 17.7. The largest absolute Gasteiger partial charge is 0.455 e. The van der Waals surface area contributed by atoms with Crippen molar-refractivity contribution >= 4 is 65.6 Å². The van der Waals surface area contributed by atoms with Crippen LogP contribution in [0.4, 0.5) is 0 Å². The minimum atomic E-state index is 0.923. The number of fused-ring (bicyclic) bond motifs is 11. The van der Waals surface area contributed by atoms with Crippen molar-refractivity contribution in [1.82, 2.24) is 9.55 Å². The molecule has 0 aliphatic rings. The summed E-state index contributed by atoms with van der Waals surface area (Å²) in [5.74, 6) is 0. The number of H-pyrrole nitrogens is 1. The molecule has 0 fully saturated rings. The van der Waals surface area contributed by atoms with E-state index in [1.165, 1.54) is 21.7 Å². The molecule has 0 radical (unpaired) electrons. The van der Waals surface area contributed by atoms with Crippen LogP contribution in [0.1, 0.15) is 0 Å². The first-order valence-corrected chi connectivity index (χ1v) is 11.2. The maximum atomic E-state index is 6.54. The number of furan rings is 1. The molecule has 0 saturated carbocycles. The molecule has 0 aliphatic heterocycles. The number of aromatic amines is 1. The highest BCUT2D eigenvalue weighted by atomic mass is 16.3. The van der Waals surface area contributed by atoms with Crippen LogP contribution in [-0.4, -0.2) is 9.55 Å². The van der Waals surface area contributed by atoms with Gasteiger partial charge in [-0.3, -0.25) is 0 Å². The number of benzene rings is 5. The fourth-order valence-electron chi connectivity index (χ4n) is 5.56. The van der Waals surface area contributed by atoms with Crippen LogP contribution in [0.2, 0.25) is 0 Å². The molecule has 0 unspecified atom stereocenters. The average Bonchev–Trinajstić information content (AvgIpc) is 3.53. The molecule has 0 aliphatic carbocycles. The fraction of sp³-hybridized carbons (Fsp3) is 0. The first-order chi connectivity index (χ1) is 16.4. The molecule has 1 N–H and O–H groups in total. The molecule has 8 rings (SSSR count). The second-order valence-corrected chi connectivity index (χ2v) is 8.66. The van der Waals surface area contributed by atoms with Gasteiger partial charge in [0.1, 0.15) is 11.2 Å². The number of hydrogen-bond acceptors (Lipinski definition) is 1. The van der Waals surface area contributed by atoms with Crippen molar-refractivity contribution in [3.05, 3.63) is 103 Å². The fourth-order valence-corrected chi connectivity index (χ4v) is 5.56. The van der Waals surface area contributed by atoms with Gasteiger partial charge in [-0.2, -0.15) is 0 Å². The van der Waals surface area contributed by atoms with E-state index in [1.54, 1.807) is 0 Å².